The molecular formula is C15H14ClN3O2. The lowest BCUT2D eigenvalue weighted by Gasteiger charge is -2.05. The molecule has 108 valence electrons. The molecule has 0 fully saturated rings. The molecule has 2 aromatic heterocycles. The number of hydrogen-bond acceptors (Lipinski definition) is 4. The molecule has 0 aliphatic carbocycles. The number of fused-ring (bicyclic) bond motifs is 3. The first-order valence-electron chi connectivity index (χ1n) is 6.54. The van der Waals surface area contributed by atoms with Crippen LogP contribution in [0.25, 0.3) is 21.9 Å². The molecule has 0 saturated carbocycles. The van der Waals surface area contributed by atoms with Crippen molar-refractivity contribution in [1.82, 2.24) is 9.55 Å². The van der Waals surface area contributed by atoms with Crippen molar-refractivity contribution >= 4 is 45.2 Å². The Morgan fingerprint density at radius 2 is 2.14 bits per heavy atom. The van der Waals surface area contributed by atoms with E-state index >= 15 is 0 Å². The maximum absolute atomic E-state index is 11.9. The maximum Gasteiger partial charge on any atom is 0.359 e. The Hall–Kier alpha value is -2.27. The van der Waals surface area contributed by atoms with Gasteiger partial charge < -0.3 is 15.0 Å². The summed E-state index contributed by atoms with van der Waals surface area (Å²) in [5, 5.41) is 2.46. The molecular weight excluding hydrogens is 290 g/mol. The molecule has 0 unspecified atom stereocenters. The highest BCUT2D eigenvalue weighted by Crippen LogP contribution is 2.31. The number of carbonyl (C=O) groups excluding carboxylic acids is 1. The lowest BCUT2D eigenvalue weighted by Crippen LogP contribution is -2.11. The minimum Gasteiger partial charge on any atom is -0.461 e. The maximum atomic E-state index is 11.9. The molecule has 0 spiro atoms. The Kier molecular flexibility index (Phi) is 3.22. The van der Waals surface area contributed by atoms with E-state index in [0.29, 0.717) is 16.4 Å². The van der Waals surface area contributed by atoms with Gasteiger partial charge in [-0.15, -0.1) is 0 Å². The molecule has 21 heavy (non-hydrogen) atoms. The summed E-state index contributed by atoms with van der Waals surface area (Å²) in [7, 11) is 1.89. The third kappa shape index (κ3) is 2.10. The fourth-order valence-electron chi connectivity index (χ4n) is 2.47. The standard InChI is InChI=1S/C15H14ClN3O2/c1-3-21-15(20)13-11(17)7-10-9-6-8(16)4-5-12(9)19(2)14(10)18-13/h4-7H,3,17H2,1-2H3. The number of carbonyl (C=O) groups is 1. The van der Waals surface area contributed by atoms with Crippen LogP contribution in [0.1, 0.15) is 17.4 Å². The summed E-state index contributed by atoms with van der Waals surface area (Å²) in [5.41, 5.74) is 8.04. The number of nitrogens with two attached hydrogens (primary N) is 1. The normalized spacial score (nSPS) is 11.2. The average molecular weight is 304 g/mol. The molecule has 0 radical (unpaired) electrons. The van der Waals surface area contributed by atoms with Crippen LogP contribution in [-0.4, -0.2) is 22.1 Å². The van der Waals surface area contributed by atoms with Crippen molar-refractivity contribution in [1.29, 1.82) is 0 Å². The quantitative estimate of drug-likeness (QED) is 0.738. The summed E-state index contributed by atoms with van der Waals surface area (Å²) < 4.78 is 6.88. The number of ether oxygens (including phenoxy) is 1. The number of rotatable bonds is 2. The molecule has 2 heterocycles. The Morgan fingerprint density at radius 1 is 1.38 bits per heavy atom. The van der Waals surface area contributed by atoms with E-state index in [1.165, 1.54) is 0 Å². The Labute approximate surface area is 126 Å². The van der Waals surface area contributed by atoms with Crippen molar-refractivity contribution in [2.45, 2.75) is 6.92 Å². The van der Waals surface area contributed by atoms with Gasteiger partial charge in [0.2, 0.25) is 0 Å². The fourth-order valence-corrected chi connectivity index (χ4v) is 2.64. The molecule has 1 aromatic carbocycles. The molecule has 0 amide bonds. The first-order chi connectivity index (χ1) is 10.0. The van der Waals surface area contributed by atoms with E-state index in [4.69, 9.17) is 22.1 Å². The number of anilines is 1. The molecule has 0 aliphatic rings. The monoisotopic (exact) mass is 303 g/mol. The first-order valence-corrected chi connectivity index (χ1v) is 6.92. The van der Waals surface area contributed by atoms with Crippen molar-refractivity contribution in [3.05, 3.63) is 35.0 Å². The van der Waals surface area contributed by atoms with Crippen LogP contribution in [0.4, 0.5) is 5.69 Å². The zero-order chi connectivity index (χ0) is 15.1. The van der Waals surface area contributed by atoms with E-state index in [0.717, 1.165) is 16.3 Å². The van der Waals surface area contributed by atoms with Gasteiger partial charge in [0.15, 0.2) is 5.69 Å². The van der Waals surface area contributed by atoms with Crippen LogP contribution in [0.5, 0.6) is 0 Å². The van der Waals surface area contributed by atoms with Crippen LogP contribution in [-0.2, 0) is 11.8 Å². The number of halogens is 1. The van der Waals surface area contributed by atoms with E-state index in [2.05, 4.69) is 4.98 Å². The van der Waals surface area contributed by atoms with Gasteiger partial charge >= 0.3 is 5.97 Å². The highest BCUT2D eigenvalue weighted by molar-refractivity contribution is 6.31. The van der Waals surface area contributed by atoms with Crippen LogP contribution in [0.2, 0.25) is 5.02 Å². The number of hydrogen-bond donors (Lipinski definition) is 1. The van der Waals surface area contributed by atoms with Crippen LogP contribution >= 0.6 is 11.6 Å². The molecule has 6 heteroatoms. The number of aromatic nitrogens is 2. The van der Waals surface area contributed by atoms with Gasteiger partial charge in [-0.25, -0.2) is 9.78 Å². The molecule has 0 atom stereocenters. The third-order valence-corrected chi connectivity index (χ3v) is 3.66. The molecule has 0 saturated heterocycles. The van der Waals surface area contributed by atoms with Crippen LogP contribution < -0.4 is 5.73 Å². The van der Waals surface area contributed by atoms with Crippen molar-refractivity contribution in [3.8, 4) is 0 Å². The van der Waals surface area contributed by atoms with E-state index in [9.17, 15) is 4.79 Å². The Morgan fingerprint density at radius 3 is 2.86 bits per heavy atom. The largest absolute Gasteiger partial charge is 0.461 e. The van der Waals surface area contributed by atoms with E-state index in [1.54, 1.807) is 13.0 Å². The summed E-state index contributed by atoms with van der Waals surface area (Å²) in [6, 6.07) is 7.34. The van der Waals surface area contributed by atoms with Gasteiger partial charge in [-0.2, -0.15) is 0 Å². The molecule has 5 nitrogen and oxygen atoms in total. The third-order valence-electron chi connectivity index (χ3n) is 3.43. The van der Waals surface area contributed by atoms with Crippen LogP contribution in [0.3, 0.4) is 0 Å². The van der Waals surface area contributed by atoms with Gasteiger partial charge in [0.25, 0.3) is 0 Å². The van der Waals surface area contributed by atoms with E-state index in [1.807, 2.05) is 29.8 Å². The second-order valence-corrected chi connectivity index (χ2v) is 5.17. The summed E-state index contributed by atoms with van der Waals surface area (Å²) >= 11 is 6.06. The summed E-state index contributed by atoms with van der Waals surface area (Å²) in [4.78, 5) is 16.3. The van der Waals surface area contributed by atoms with Gasteiger partial charge in [-0.05, 0) is 31.2 Å². The Balaban J connectivity index is 2.34. The fraction of sp³-hybridized carbons (Fsp3) is 0.200. The number of benzene rings is 1. The SMILES string of the molecule is CCOC(=O)c1nc2c(cc1N)c1cc(Cl)ccc1n2C. The predicted octanol–water partition coefficient (Wildman–Crippen LogP) is 3.14. The minimum atomic E-state index is -0.514. The molecule has 3 aromatic rings. The zero-order valence-electron chi connectivity index (χ0n) is 11.7. The number of nitrogens with zero attached hydrogens (tertiary/aromatic N) is 2. The van der Waals surface area contributed by atoms with Gasteiger partial charge in [0.05, 0.1) is 17.8 Å². The van der Waals surface area contributed by atoms with Crippen molar-refractivity contribution in [2.24, 2.45) is 7.05 Å². The van der Waals surface area contributed by atoms with Crippen molar-refractivity contribution < 1.29 is 9.53 Å². The molecule has 0 bridgehead atoms. The number of esters is 1. The van der Waals surface area contributed by atoms with Gasteiger partial charge in [0.1, 0.15) is 5.65 Å². The number of aryl methyl sites for hydroxylation is 1. The smallest absolute Gasteiger partial charge is 0.359 e. The number of pyridine rings is 1. The summed E-state index contributed by atoms with van der Waals surface area (Å²) in [5.74, 6) is -0.514. The highest BCUT2D eigenvalue weighted by Gasteiger charge is 2.18. The highest BCUT2D eigenvalue weighted by atomic mass is 35.5. The first kappa shape index (κ1) is 13.7. The second-order valence-electron chi connectivity index (χ2n) is 4.74. The number of nitrogen functional groups attached to an aromatic ring is 1. The topological polar surface area (TPSA) is 70.1 Å². The van der Waals surface area contributed by atoms with Crippen LogP contribution in [0.15, 0.2) is 24.3 Å². The average Bonchev–Trinajstić information content (AvgIpc) is 2.71. The van der Waals surface area contributed by atoms with Crippen molar-refractivity contribution in [2.75, 3.05) is 12.3 Å². The molecule has 0 aliphatic heterocycles. The van der Waals surface area contributed by atoms with Crippen LogP contribution in [0, 0.1) is 0 Å². The van der Waals surface area contributed by atoms with E-state index < -0.39 is 5.97 Å². The van der Waals surface area contributed by atoms with Gasteiger partial charge in [-0.3, -0.25) is 0 Å². The summed E-state index contributed by atoms with van der Waals surface area (Å²) in [6.07, 6.45) is 0. The summed E-state index contributed by atoms with van der Waals surface area (Å²) in [6.45, 7) is 2.02. The van der Waals surface area contributed by atoms with Gasteiger partial charge in [-0.1, -0.05) is 11.6 Å². The van der Waals surface area contributed by atoms with Gasteiger partial charge in [0, 0.05) is 22.8 Å². The second kappa shape index (κ2) is 4.93. The molecule has 3 rings (SSSR count). The Bertz CT molecular complexity index is 870. The minimum absolute atomic E-state index is 0.140. The zero-order valence-corrected chi connectivity index (χ0v) is 12.4. The van der Waals surface area contributed by atoms with Crippen molar-refractivity contribution in [3.63, 3.8) is 0 Å². The van der Waals surface area contributed by atoms with E-state index in [-0.39, 0.29) is 12.3 Å². The predicted molar refractivity (Wildman–Crippen MR) is 83.6 cm³/mol. The molecule has 2 N–H and O–H groups in total. The lowest BCUT2D eigenvalue weighted by atomic mass is 10.1. The lowest BCUT2D eigenvalue weighted by molar-refractivity contribution is 0.0521.